The average molecular weight is 363 g/mol. The lowest BCUT2D eigenvalue weighted by atomic mass is 10.0. The van der Waals surface area contributed by atoms with E-state index in [0.717, 1.165) is 17.7 Å². The van der Waals surface area contributed by atoms with Crippen molar-refractivity contribution < 1.29 is 18.3 Å². The minimum Gasteiger partial charge on any atom is -0.506 e. The third-order valence-electron chi connectivity index (χ3n) is 3.73. The van der Waals surface area contributed by atoms with Crippen LogP contribution < -0.4 is 5.32 Å². The van der Waals surface area contributed by atoms with E-state index in [-0.39, 0.29) is 5.75 Å². The number of aromatic hydroxyl groups is 1. The highest BCUT2D eigenvalue weighted by atomic mass is 32.1. The minimum absolute atomic E-state index is 0.00789. The number of halogens is 3. The first-order valence-corrected chi connectivity index (χ1v) is 8.56. The summed E-state index contributed by atoms with van der Waals surface area (Å²) < 4.78 is 39.1. The fourth-order valence-electron chi connectivity index (χ4n) is 2.61. The van der Waals surface area contributed by atoms with Crippen molar-refractivity contribution in [3.63, 3.8) is 0 Å². The van der Waals surface area contributed by atoms with Crippen molar-refractivity contribution in [2.24, 2.45) is 0 Å². The SMILES string of the molecule is CCNc1sc(-c2ccccc2)c(O)c1-c1cccc(C(F)(F)F)c1. The maximum atomic E-state index is 13.0. The molecule has 2 aromatic carbocycles. The Kier molecular flexibility index (Phi) is 4.72. The number of benzene rings is 2. The minimum atomic E-state index is -4.43. The van der Waals surface area contributed by atoms with Gasteiger partial charge in [-0.05, 0) is 30.2 Å². The average Bonchev–Trinajstić information content (AvgIpc) is 2.92. The van der Waals surface area contributed by atoms with Gasteiger partial charge < -0.3 is 10.4 Å². The molecule has 3 rings (SSSR count). The van der Waals surface area contributed by atoms with Crippen molar-refractivity contribution >= 4 is 16.3 Å². The zero-order valence-electron chi connectivity index (χ0n) is 13.4. The molecule has 2 nitrogen and oxygen atoms in total. The molecular formula is C19H16F3NOS. The van der Waals surface area contributed by atoms with Crippen LogP contribution in [0.15, 0.2) is 54.6 Å². The van der Waals surface area contributed by atoms with Crippen LogP contribution in [0.25, 0.3) is 21.6 Å². The molecule has 2 N–H and O–H groups in total. The first-order chi connectivity index (χ1) is 11.9. The molecule has 0 unspecified atom stereocenters. The molecule has 6 heteroatoms. The van der Waals surface area contributed by atoms with E-state index < -0.39 is 11.7 Å². The normalized spacial score (nSPS) is 11.5. The second-order valence-corrected chi connectivity index (χ2v) is 6.48. The van der Waals surface area contributed by atoms with Crippen LogP contribution in [-0.2, 0) is 6.18 Å². The van der Waals surface area contributed by atoms with Crippen LogP contribution in [0.2, 0.25) is 0 Å². The smallest absolute Gasteiger partial charge is 0.416 e. The molecule has 3 aromatic rings. The van der Waals surface area contributed by atoms with Crippen LogP contribution >= 0.6 is 11.3 Å². The van der Waals surface area contributed by atoms with E-state index in [2.05, 4.69) is 5.32 Å². The first kappa shape index (κ1) is 17.4. The summed E-state index contributed by atoms with van der Waals surface area (Å²) in [4.78, 5) is 0.629. The van der Waals surface area contributed by atoms with E-state index >= 15 is 0 Å². The van der Waals surface area contributed by atoms with Crippen LogP contribution in [-0.4, -0.2) is 11.7 Å². The monoisotopic (exact) mass is 363 g/mol. The maximum Gasteiger partial charge on any atom is 0.416 e. The fraction of sp³-hybridized carbons (Fsp3) is 0.158. The van der Waals surface area contributed by atoms with Crippen LogP contribution in [0.1, 0.15) is 12.5 Å². The van der Waals surface area contributed by atoms with Gasteiger partial charge in [-0.15, -0.1) is 11.3 Å². The third kappa shape index (κ3) is 3.49. The molecule has 0 saturated heterocycles. The van der Waals surface area contributed by atoms with Crippen molar-refractivity contribution in [2.45, 2.75) is 13.1 Å². The van der Waals surface area contributed by atoms with Gasteiger partial charge in [-0.1, -0.05) is 42.5 Å². The summed E-state index contributed by atoms with van der Waals surface area (Å²) in [7, 11) is 0. The molecular weight excluding hydrogens is 347 g/mol. The lowest BCUT2D eigenvalue weighted by molar-refractivity contribution is -0.137. The summed E-state index contributed by atoms with van der Waals surface area (Å²) in [6, 6.07) is 14.3. The summed E-state index contributed by atoms with van der Waals surface area (Å²) in [5, 5.41) is 14.5. The van der Waals surface area contributed by atoms with Crippen LogP contribution in [0, 0.1) is 0 Å². The quantitative estimate of drug-likeness (QED) is 0.575. The highest BCUT2D eigenvalue weighted by Gasteiger charge is 2.31. The zero-order valence-corrected chi connectivity index (χ0v) is 14.2. The Morgan fingerprint density at radius 1 is 1.00 bits per heavy atom. The zero-order chi connectivity index (χ0) is 18.0. The summed E-state index contributed by atoms with van der Waals surface area (Å²) >= 11 is 1.33. The van der Waals surface area contributed by atoms with E-state index in [1.165, 1.54) is 17.4 Å². The van der Waals surface area contributed by atoms with E-state index in [4.69, 9.17) is 0 Å². The number of alkyl halides is 3. The Morgan fingerprint density at radius 2 is 1.68 bits per heavy atom. The molecule has 25 heavy (non-hydrogen) atoms. The van der Waals surface area contributed by atoms with E-state index in [1.807, 2.05) is 37.3 Å². The number of anilines is 1. The van der Waals surface area contributed by atoms with Gasteiger partial charge in [0.2, 0.25) is 0 Å². The molecule has 0 saturated carbocycles. The molecule has 0 fully saturated rings. The highest BCUT2D eigenvalue weighted by molar-refractivity contribution is 7.20. The van der Waals surface area contributed by atoms with Gasteiger partial charge in [-0.25, -0.2) is 0 Å². The maximum absolute atomic E-state index is 13.0. The van der Waals surface area contributed by atoms with Gasteiger partial charge in [-0.2, -0.15) is 13.2 Å². The number of nitrogens with one attached hydrogen (secondary N) is 1. The summed E-state index contributed by atoms with van der Waals surface area (Å²) in [5.41, 5.74) is 0.820. The fourth-order valence-corrected chi connectivity index (χ4v) is 3.80. The molecule has 1 aromatic heterocycles. The molecule has 1 heterocycles. The Labute approximate surface area is 147 Å². The van der Waals surface area contributed by atoms with Gasteiger partial charge in [0.25, 0.3) is 0 Å². The Morgan fingerprint density at radius 3 is 2.32 bits per heavy atom. The molecule has 0 radical (unpaired) electrons. The van der Waals surface area contributed by atoms with Crippen molar-refractivity contribution in [2.75, 3.05) is 11.9 Å². The third-order valence-corrected chi connectivity index (χ3v) is 4.92. The molecule has 0 atom stereocenters. The second kappa shape index (κ2) is 6.80. The van der Waals surface area contributed by atoms with Crippen molar-refractivity contribution in [3.05, 3.63) is 60.2 Å². The topological polar surface area (TPSA) is 32.3 Å². The van der Waals surface area contributed by atoms with E-state index in [1.54, 1.807) is 6.07 Å². The molecule has 0 spiro atoms. The van der Waals surface area contributed by atoms with Gasteiger partial charge in [-0.3, -0.25) is 0 Å². The molecule has 130 valence electrons. The Balaban J connectivity index is 2.17. The van der Waals surface area contributed by atoms with Gasteiger partial charge in [0.1, 0.15) is 10.8 Å². The first-order valence-electron chi connectivity index (χ1n) is 7.74. The van der Waals surface area contributed by atoms with Gasteiger partial charge in [0, 0.05) is 6.54 Å². The summed E-state index contributed by atoms with van der Waals surface area (Å²) in [6.45, 7) is 2.50. The number of rotatable bonds is 4. The molecule has 0 aliphatic carbocycles. The van der Waals surface area contributed by atoms with E-state index in [0.29, 0.717) is 27.5 Å². The van der Waals surface area contributed by atoms with Crippen molar-refractivity contribution in [1.29, 1.82) is 0 Å². The van der Waals surface area contributed by atoms with Gasteiger partial charge >= 0.3 is 6.18 Å². The van der Waals surface area contributed by atoms with Crippen molar-refractivity contribution in [3.8, 4) is 27.3 Å². The predicted octanol–water partition coefficient (Wildman–Crippen LogP) is 6.24. The van der Waals surface area contributed by atoms with Gasteiger partial charge in [0.15, 0.2) is 0 Å². The van der Waals surface area contributed by atoms with Crippen LogP contribution in [0.3, 0.4) is 0 Å². The van der Waals surface area contributed by atoms with Crippen LogP contribution in [0.5, 0.6) is 5.75 Å². The predicted molar refractivity (Wildman–Crippen MR) is 96.0 cm³/mol. The number of hydrogen-bond acceptors (Lipinski definition) is 3. The van der Waals surface area contributed by atoms with E-state index in [9.17, 15) is 18.3 Å². The lowest BCUT2D eigenvalue weighted by Crippen LogP contribution is -2.04. The standard InChI is InChI=1S/C19H16F3NOS/c1-2-23-18-15(13-9-6-10-14(11-13)19(20,21)22)16(24)17(25-18)12-7-4-3-5-8-12/h3-11,23-24H,2H2,1H3. The molecule has 0 aliphatic heterocycles. The Bertz CT molecular complexity index is 872. The lowest BCUT2D eigenvalue weighted by Gasteiger charge is -2.10. The van der Waals surface area contributed by atoms with Crippen LogP contribution in [0.4, 0.5) is 18.2 Å². The molecule has 0 aliphatic rings. The number of hydrogen-bond donors (Lipinski definition) is 2. The Hall–Kier alpha value is -2.47. The highest BCUT2D eigenvalue weighted by Crippen LogP contribution is 2.50. The second-order valence-electron chi connectivity index (χ2n) is 5.46. The summed E-state index contributed by atoms with van der Waals surface area (Å²) in [5.74, 6) is -0.00789. The largest absolute Gasteiger partial charge is 0.506 e. The molecule has 0 amide bonds. The molecule has 0 bridgehead atoms. The number of thiophene rings is 1. The van der Waals surface area contributed by atoms with Crippen molar-refractivity contribution in [1.82, 2.24) is 0 Å². The van der Waals surface area contributed by atoms with Gasteiger partial charge in [0.05, 0.1) is 16.0 Å². The summed E-state index contributed by atoms with van der Waals surface area (Å²) in [6.07, 6.45) is -4.43.